The minimum atomic E-state index is -0.781. The molecule has 0 saturated heterocycles. The van der Waals surface area contributed by atoms with Gasteiger partial charge in [0.15, 0.2) is 0 Å². The first-order chi connectivity index (χ1) is 10.2. The van der Waals surface area contributed by atoms with E-state index in [0.717, 1.165) is 18.4 Å². The summed E-state index contributed by atoms with van der Waals surface area (Å²) in [5, 5.41) is 16.9. The first-order valence-corrected chi connectivity index (χ1v) is 7.06. The van der Waals surface area contributed by atoms with E-state index in [-0.39, 0.29) is 6.42 Å². The topological polar surface area (TPSA) is 79.5 Å². The van der Waals surface area contributed by atoms with Crippen molar-refractivity contribution in [3.63, 3.8) is 0 Å². The third kappa shape index (κ3) is 3.66. The van der Waals surface area contributed by atoms with Crippen molar-refractivity contribution in [1.29, 1.82) is 0 Å². The summed E-state index contributed by atoms with van der Waals surface area (Å²) in [6.07, 6.45) is 2.36. The highest BCUT2D eigenvalue weighted by atomic mass is 16.4. The van der Waals surface area contributed by atoms with Crippen molar-refractivity contribution in [2.45, 2.75) is 31.8 Å². The standard InChI is InChI=1S/C15H17N3O3/c19-14(20)8-9-18(12-6-7-12)10-13-16-17-15(21-13)11-4-2-1-3-5-11/h1-5,12H,6-10H2,(H,19,20). The second-order valence-electron chi connectivity index (χ2n) is 5.21. The van der Waals surface area contributed by atoms with E-state index in [1.165, 1.54) is 0 Å². The maximum atomic E-state index is 10.7. The van der Waals surface area contributed by atoms with Crippen molar-refractivity contribution < 1.29 is 14.3 Å². The number of benzene rings is 1. The lowest BCUT2D eigenvalue weighted by atomic mass is 10.2. The molecule has 1 aliphatic rings. The number of hydrogen-bond acceptors (Lipinski definition) is 5. The van der Waals surface area contributed by atoms with Gasteiger partial charge in [0.05, 0.1) is 13.0 Å². The fraction of sp³-hybridized carbons (Fsp3) is 0.400. The minimum Gasteiger partial charge on any atom is -0.481 e. The number of carboxylic acids is 1. The fourth-order valence-corrected chi connectivity index (χ4v) is 2.26. The van der Waals surface area contributed by atoms with Crippen LogP contribution in [0.3, 0.4) is 0 Å². The number of nitrogens with zero attached hydrogens (tertiary/aromatic N) is 3. The molecule has 0 radical (unpaired) electrons. The third-order valence-electron chi connectivity index (χ3n) is 3.50. The van der Waals surface area contributed by atoms with Crippen LogP contribution in [0.4, 0.5) is 0 Å². The first kappa shape index (κ1) is 13.8. The molecule has 0 amide bonds. The summed E-state index contributed by atoms with van der Waals surface area (Å²) in [6, 6.07) is 10.1. The molecule has 0 unspecified atom stereocenters. The quantitative estimate of drug-likeness (QED) is 0.840. The van der Waals surface area contributed by atoms with Gasteiger partial charge in [-0.2, -0.15) is 0 Å². The van der Waals surface area contributed by atoms with E-state index in [2.05, 4.69) is 15.1 Å². The van der Waals surface area contributed by atoms with Gasteiger partial charge in [-0.05, 0) is 25.0 Å². The number of hydrogen-bond donors (Lipinski definition) is 1. The fourth-order valence-electron chi connectivity index (χ4n) is 2.26. The van der Waals surface area contributed by atoms with Crippen LogP contribution in [0.1, 0.15) is 25.2 Å². The van der Waals surface area contributed by atoms with Crippen LogP contribution in [0.5, 0.6) is 0 Å². The predicted molar refractivity (Wildman–Crippen MR) is 75.4 cm³/mol. The van der Waals surface area contributed by atoms with Crippen LogP contribution in [-0.4, -0.2) is 38.8 Å². The Bertz CT molecular complexity index is 608. The van der Waals surface area contributed by atoms with Gasteiger partial charge in [0.1, 0.15) is 0 Å². The van der Waals surface area contributed by atoms with E-state index in [1.807, 2.05) is 30.3 Å². The van der Waals surface area contributed by atoms with Crippen LogP contribution >= 0.6 is 0 Å². The zero-order valence-corrected chi connectivity index (χ0v) is 11.6. The summed E-state index contributed by atoms with van der Waals surface area (Å²) in [5.74, 6) is 0.252. The average Bonchev–Trinajstić information content (AvgIpc) is 3.23. The lowest BCUT2D eigenvalue weighted by molar-refractivity contribution is -0.137. The molecule has 6 nitrogen and oxygen atoms in total. The Morgan fingerprint density at radius 3 is 2.71 bits per heavy atom. The van der Waals surface area contributed by atoms with Crippen LogP contribution in [-0.2, 0) is 11.3 Å². The van der Waals surface area contributed by atoms with Crippen molar-refractivity contribution in [2.24, 2.45) is 0 Å². The molecule has 21 heavy (non-hydrogen) atoms. The van der Waals surface area contributed by atoms with Gasteiger partial charge in [-0.15, -0.1) is 10.2 Å². The Labute approximate surface area is 122 Å². The molecular formula is C15H17N3O3. The van der Waals surface area contributed by atoms with Crippen molar-refractivity contribution in [1.82, 2.24) is 15.1 Å². The minimum absolute atomic E-state index is 0.135. The van der Waals surface area contributed by atoms with Crippen LogP contribution in [0.2, 0.25) is 0 Å². The molecule has 1 aromatic heterocycles. The molecule has 1 heterocycles. The summed E-state index contributed by atoms with van der Waals surface area (Å²) < 4.78 is 5.67. The zero-order chi connectivity index (χ0) is 14.7. The van der Waals surface area contributed by atoms with Gasteiger partial charge < -0.3 is 9.52 Å². The molecule has 110 valence electrons. The molecule has 0 bridgehead atoms. The van der Waals surface area contributed by atoms with Gasteiger partial charge in [-0.25, -0.2) is 0 Å². The van der Waals surface area contributed by atoms with Gasteiger partial charge in [0, 0.05) is 18.2 Å². The number of carboxylic acid groups (broad SMARTS) is 1. The summed E-state index contributed by atoms with van der Waals surface area (Å²) in [4.78, 5) is 12.8. The molecule has 3 rings (SSSR count). The van der Waals surface area contributed by atoms with Gasteiger partial charge >= 0.3 is 5.97 Å². The number of aromatic nitrogens is 2. The monoisotopic (exact) mass is 287 g/mol. The van der Waals surface area contributed by atoms with Crippen molar-refractivity contribution in [2.75, 3.05) is 6.54 Å². The van der Waals surface area contributed by atoms with Gasteiger partial charge in [-0.3, -0.25) is 9.69 Å². The summed E-state index contributed by atoms with van der Waals surface area (Å²) in [7, 11) is 0. The molecule has 1 aliphatic carbocycles. The maximum absolute atomic E-state index is 10.7. The van der Waals surface area contributed by atoms with E-state index < -0.39 is 5.97 Å². The maximum Gasteiger partial charge on any atom is 0.304 e. The number of aliphatic carboxylic acids is 1. The molecule has 1 saturated carbocycles. The summed E-state index contributed by atoms with van der Waals surface area (Å²) in [5.41, 5.74) is 0.889. The van der Waals surface area contributed by atoms with Crippen LogP contribution in [0.15, 0.2) is 34.7 Å². The average molecular weight is 287 g/mol. The molecule has 6 heteroatoms. The van der Waals surface area contributed by atoms with E-state index in [4.69, 9.17) is 9.52 Å². The Hall–Kier alpha value is -2.21. The van der Waals surface area contributed by atoms with Crippen LogP contribution < -0.4 is 0 Å². The molecule has 0 atom stereocenters. The Balaban J connectivity index is 1.66. The summed E-state index contributed by atoms with van der Waals surface area (Å²) >= 11 is 0. The van der Waals surface area contributed by atoms with E-state index in [1.54, 1.807) is 0 Å². The lowest BCUT2D eigenvalue weighted by Gasteiger charge is -2.18. The predicted octanol–water partition coefficient (Wildman–Crippen LogP) is 2.18. The Morgan fingerprint density at radius 2 is 2.05 bits per heavy atom. The first-order valence-electron chi connectivity index (χ1n) is 7.06. The van der Waals surface area contributed by atoms with E-state index in [0.29, 0.717) is 30.9 Å². The second-order valence-corrected chi connectivity index (χ2v) is 5.21. The molecule has 0 spiro atoms. The lowest BCUT2D eigenvalue weighted by Crippen LogP contribution is -2.28. The zero-order valence-electron chi connectivity index (χ0n) is 11.6. The number of carbonyl (C=O) groups is 1. The van der Waals surface area contributed by atoms with Crippen molar-refractivity contribution in [3.05, 3.63) is 36.2 Å². The second kappa shape index (κ2) is 6.05. The largest absolute Gasteiger partial charge is 0.481 e. The van der Waals surface area contributed by atoms with Gasteiger partial charge in [-0.1, -0.05) is 18.2 Å². The highest BCUT2D eigenvalue weighted by Crippen LogP contribution is 2.28. The molecule has 2 aromatic rings. The highest BCUT2D eigenvalue weighted by molar-refractivity contribution is 5.66. The Morgan fingerprint density at radius 1 is 1.29 bits per heavy atom. The summed E-state index contributed by atoms with van der Waals surface area (Å²) in [6.45, 7) is 1.03. The van der Waals surface area contributed by atoms with Crippen LogP contribution in [0.25, 0.3) is 11.5 Å². The molecule has 1 N–H and O–H groups in total. The molecule has 1 fully saturated rings. The van der Waals surface area contributed by atoms with Crippen LogP contribution in [0, 0.1) is 0 Å². The van der Waals surface area contributed by atoms with E-state index in [9.17, 15) is 4.79 Å². The van der Waals surface area contributed by atoms with Crippen molar-refractivity contribution >= 4 is 5.97 Å². The normalized spacial score (nSPS) is 14.5. The van der Waals surface area contributed by atoms with Gasteiger partial charge in [0.25, 0.3) is 0 Å². The molecule has 0 aliphatic heterocycles. The Kier molecular flexibility index (Phi) is 3.96. The molecular weight excluding hydrogens is 270 g/mol. The SMILES string of the molecule is O=C(O)CCN(Cc1nnc(-c2ccccc2)o1)C1CC1. The van der Waals surface area contributed by atoms with E-state index >= 15 is 0 Å². The highest BCUT2D eigenvalue weighted by Gasteiger charge is 2.30. The molecule has 1 aromatic carbocycles. The van der Waals surface area contributed by atoms with Crippen molar-refractivity contribution in [3.8, 4) is 11.5 Å². The van der Waals surface area contributed by atoms with Gasteiger partial charge in [0.2, 0.25) is 11.8 Å². The third-order valence-corrected chi connectivity index (χ3v) is 3.50. The smallest absolute Gasteiger partial charge is 0.304 e. The number of rotatable bonds is 7.